The Kier molecular flexibility index (Phi) is 6.62. The highest BCUT2D eigenvalue weighted by Gasteiger charge is 2.25. The second-order valence-corrected chi connectivity index (χ2v) is 8.16. The van der Waals surface area contributed by atoms with Gasteiger partial charge in [0.25, 0.3) is 0 Å². The van der Waals surface area contributed by atoms with E-state index in [0.29, 0.717) is 22.8 Å². The number of hydrogen-bond acceptors (Lipinski definition) is 7. The molecular weight excluding hydrogens is 420 g/mol. The highest BCUT2D eigenvalue weighted by atomic mass is 35.5. The number of aromatic nitrogens is 2. The van der Waals surface area contributed by atoms with E-state index in [-0.39, 0.29) is 11.3 Å². The van der Waals surface area contributed by atoms with E-state index in [1.165, 1.54) is 16.9 Å². The monoisotopic (exact) mass is 442 g/mol. The summed E-state index contributed by atoms with van der Waals surface area (Å²) in [4.78, 5) is 26.5. The third-order valence-corrected chi connectivity index (χ3v) is 6.07. The molecule has 1 aliphatic rings. The van der Waals surface area contributed by atoms with Crippen LogP contribution in [0.4, 0.5) is 5.82 Å². The molecule has 1 aliphatic heterocycles. The predicted molar refractivity (Wildman–Crippen MR) is 123 cm³/mol. The van der Waals surface area contributed by atoms with Crippen molar-refractivity contribution >= 4 is 51.0 Å². The predicted octanol–water partition coefficient (Wildman–Crippen LogP) is 4.36. The molecular formula is C22H23ClN4O2S. The number of anilines is 1. The van der Waals surface area contributed by atoms with E-state index in [9.17, 15) is 4.79 Å². The number of hydrogen-bond donors (Lipinski definition) is 0. The first-order valence-corrected chi connectivity index (χ1v) is 11.2. The van der Waals surface area contributed by atoms with E-state index in [4.69, 9.17) is 16.3 Å². The van der Waals surface area contributed by atoms with E-state index in [1.807, 2.05) is 18.2 Å². The van der Waals surface area contributed by atoms with E-state index in [2.05, 4.69) is 44.1 Å². The molecule has 0 atom stereocenters. The molecule has 0 aliphatic carbocycles. The maximum atomic E-state index is 12.4. The first-order valence-electron chi connectivity index (χ1n) is 9.96. The summed E-state index contributed by atoms with van der Waals surface area (Å²) in [5.74, 6) is 0.370. The van der Waals surface area contributed by atoms with Gasteiger partial charge < -0.3 is 9.64 Å². The van der Waals surface area contributed by atoms with Crippen molar-refractivity contribution < 1.29 is 9.53 Å². The van der Waals surface area contributed by atoms with Crippen LogP contribution < -0.4 is 4.90 Å². The van der Waals surface area contributed by atoms with Gasteiger partial charge in [0.15, 0.2) is 0 Å². The zero-order valence-electron chi connectivity index (χ0n) is 16.8. The Balaban J connectivity index is 1.47. The molecule has 30 heavy (non-hydrogen) atoms. The summed E-state index contributed by atoms with van der Waals surface area (Å²) in [5.41, 5.74) is 1.72. The zero-order chi connectivity index (χ0) is 20.9. The fraction of sp³-hybridized carbons (Fsp3) is 0.318. The van der Waals surface area contributed by atoms with Crippen LogP contribution in [-0.4, -0.2) is 60.2 Å². The Morgan fingerprint density at radius 1 is 1.20 bits per heavy atom. The molecule has 0 N–H and O–H groups in total. The highest BCUT2D eigenvalue weighted by Crippen LogP contribution is 2.34. The Morgan fingerprint density at radius 2 is 1.97 bits per heavy atom. The minimum absolute atomic E-state index is 0.197. The fourth-order valence-corrected chi connectivity index (χ4v) is 4.65. The van der Waals surface area contributed by atoms with Gasteiger partial charge in [-0.1, -0.05) is 42.5 Å². The number of esters is 1. The number of piperazine rings is 1. The van der Waals surface area contributed by atoms with Crippen LogP contribution in [0.15, 0.2) is 41.8 Å². The number of carbonyl (C=O) groups excluding carboxylic acids is 1. The lowest BCUT2D eigenvalue weighted by molar-refractivity contribution is 0.0529. The highest BCUT2D eigenvalue weighted by molar-refractivity contribution is 7.17. The molecule has 6 nitrogen and oxygen atoms in total. The number of carbonyl (C=O) groups is 1. The summed E-state index contributed by atoms with van der Waals surface area (Å²) in [7, 11) is 0. The molecule has 0 saturated carbocycles. The van der Waals surface area contributed by atoms with Crippen LogP contribution in [0.1, 0.15) is 22.8 Å². The molecule has 0 amide bonds. The topological polar surface area (TPSA) is 58.6 Å². The van der Waals surface area contributed by atoms with E-state index < -0.39 is 0 Å². The molecule has 8 heteroatoms. The van der Waals surface area contributed by atoms with E-state index >= 15 is 0 Å². The Hall–Kier alpha value is -2.48. The van der Waals surface area contributed by atoms with Gasteiger partial charge in [0, 0.05) is 38.1 Å². The third kappa shape index (κ3) is 4.64. The van der Waals surface area contributed by atoms with Crippen LogP contribution in [0, 0.1) is 0 Å². The van der Waals surface area contributed by atoms with Crippen molar-refractivity contribution in [3.05, 3.63) is 58.2 Å². The average Bonchev–Trinajstić information content (AvgIpc) is 3.18. The molecule has 0 bridgehead atoms. The molecule has 0 spiro atoms. The number of thiophene rings is 1. The minimum atomic E-state index is -0.347. The van der Waals surface area contributed by atoms with Gasteiger partial charge in [0.05, 0.1) is 17.6 Å². The SMILES string of the molecule is CCOC(=O)c1csc2nc(Cl)nc(N3CCN(C/C=C/c4ccccc4)CC3)c12. The minimum Gasteiger partial charge on any atom is -0.462 e. The summed E-state index contributed by atoms with van der Waals surface area (Å²) in [5, 5.41) is 2.71. The Bertz CT molecular complexity index is 1050. The molecule has 3 heterocycles. The average molecular weight is 443 g/mol. The van der Waals surface area contributed by atoms with Gasteiger partial charge in [-0.2, -0.15) is 4.98 Å². The van der Waals surface area contributed by atoms with Crippen molar-refractivity contribution in [3.63, 3.8) is 0 Å². The molecule has 4 rings (SSSR count). The molecule has 156 valence electrons. The lowest BCUT2D eigenvalue weighted by Gasteiger charge is -2.35. The number of benzene rings is 1. The molecule has 1 aromatic carbocycles. The second kappa shape index (κ2) is 9.55. The Morgan fingerprint density at radius 3 is 2.70 bits per heavy atom. The van der Waals surface area contributed by atoms with Crippen molar-refractivity contribution in [1.82, 2.24) is 14.9 Å². The van der Waals surface area contributed by atoms with E-state index in [0.717, 1.165) is 38.1 Å². The lowest BCUT2D eigenvalue weighted by atomic mass is 10.2. The van der Waals surface area contributed by atoms with Gasteiger partial charge in [-0.3, -0.25) is 4.90 Å². The summed E-state index contributed by atoms with van der Waals surface area (Å²) < 4.78 is 5.21. The number of halogens is 1. The van der Waals surface area contributed by atoms with Crippen LogP contribution in [0.5, 0.6) is 0 Å². The van der Waals surface area contributed by atoms with Crippen LogP contribution in [-0.2, 0) is 4.74 Å². The van der Waals surface area contributed by atoms with Crippen molar-refractivity contribution in [2.75, 3.05) is 44.2 Å². The van der Waals surface area contributed by atoms with Gasteiger partial charge in [0.2, 0.25) is 5.28 Å². The molecule has 1 saturated heterocycles. The Labute approximate surface area is 184 Å². The number of fused-ring (bicyclic) bond motifs is 1. The third-order valence-electron chi connectivity index (χ3n) is 5.03. The van der Waals surface area contributed by atoms with Crippen molar-refractivity contribution in [3.8, 4) is 0 Å². The van der Waals surface area contributed by atoms with E-state index in [1.54, 1.807) is 12.3 Å². The van der Waals surface area contributed by atoms with Gasteiger partial charge in [-0.05, 0) is 24.1 Å². The van der Waals surface area contributed by atoms with Crippen molar-refractivity contribution in [2.45, 2.75) is 6.92 Å². The molecule has 2 aromatic heterocycles. The summed E-state index contributed by atoms with van der Waals surface area (Å²) in [6.45, 7) is 6.44. The molecule has 3 aromatic rings. The fourth-order valence-electron chi connectivity index (χ4n) is 3.53. The first kappa shape index (κ1) is 20.8. The summed E-state index contributed by atoms with van der Waals surface area (Å²) in [6, 6.07) is 10.3. The summed E-state index contributed by atoms with van der Waals surface area (Å²) in [6.07, 6.45) is 4.35. The zero-order valence-corrected chi connectivity index (χ0v) is 18.3. The van der Waals surface area contributed by atoms with Gasteiger partial charge in [-0.15, -0.1) is 11.3 Å². The largest absolute Gasteiger partial charge is 0.462 e. The normalized spacial score (nSPS) is 15.2. The quantitative estimate of drug-likeness (QED) is 0.417. The molecule has 1 fully saturated rings. The van der Waals surface area contributed by atoms with Crippen molar-refractivity contribution in [1.29, 1.82) is 0 Å². The summed E-state index contributed by atoms with van der Waals surface area (Å²) >= 11 is 7.56. The van der Waals surface area contributed by atoms with Crippen LogP contribution in [0.25, 0.3) is 16.3 Å². The van der Waals surface area contributed by atoms with Gasteiger partial charge in [-0.25, -0.2) is 9.78 Å². The maximum absolute atomic E-state index is 12.4. The number of ether oxygens (including phenoxy) is 1. The van der Waals surface area contributed by atoms with Gasteiger partial charge in [0.1, 0.15) is 10.6 Å². The lowest BCUT2D eigenvalue weighted by Crippen LogP contribution is -2.46. The number of nitrogens with zero attached hydrogens (tertiary/aromatic N) is 4. The van der Waals surface area contributed by atoms with Gasteiger partial charge >= 0.3 is 5.97 Å². The smallest absolute Gasteiger partial charge is 0.339 e. The van der Waals surface area contributed by atoms with Crippen LogP contribution in [0.3, 0.4) is 0 Å². The first-order chi connectivity index (χ1) is 14.7. The second-order valence-electron chi connectivity index (χ2n) is 6.97. The standard InChI is InChI=1S/C22H23ClN4O2S/c1-2-29-21(28)17-15-30-20-18(17)19(24-22(23)25-20)27-13-11-26(12-14-27)10-6-9-16-7-4-3-5-8-16/h3-9,15H,2,10-14H2,1H3/b9-6+. The van der Waals surface area contributed by atoms with Crippen LogP contribution >= 0.6 is 22.9 Å². The molecule has 0 unspecified atom stereocenters. The maximum Gasteiger partial charge on any atom is 0.339 e. The van der Waals surface area contributed by atoms with Crippen LogP contribution in [0.2, 0.25) is 5.28 Å². The molecule has 0 radical (unpaired) electrons. The number of rotatable bonds is 6. The van der Waals surface area contributed by atoms with Crippen molar-refractivity contribution in [2.24, 2.45) is 0 Å².